The summed E-state index contributed by atoms with van der Waals surface area (Å²) in [5.74, 6) is 0. The molecule has 0 radical (unpaired) electrons. The molecule has 118 valence electrons. The first-order valence-electron chi connectivity index (χ1n) is 7.51. The number of rotatable bonds is 8. The number of hydrogen-bond acceptors (Lipinski definition) is 3. The van der Waals surface area contributed by atoms with Gasteiger partial charge in [-0.3, -0.25) is 0 Å². The van der Waals surface area contributed by atoms with E-state index >= 15 is 0 Å². The van der Waals surface area contributed by atoms with E-state index in [1.54, 1.807) is 7.11 Å². The van der Waals surface area contributed by atoms with E-state index in [1.165, 1.54) is 5.19 Å². The van der Waals surface area contributed by atoms with Gasteiger partial charge in [-0.2, -0.15) is 0 Å². The first-order valence-corrected chi connectivity index (χ1v) is 10.4. The molecule has 3 nitrogen and oxygen atoms in total. The van der Waals surface area contributed by atoms with Gasteiger partial charge in [0.05, 0.1) is 6.10 Å². The SMILES string of the molecule is COCOC[Si](C)(CC(O)c1ccccc1)c1ccccc1. The third-order valence-corrected chi connectivity index (χ3v) is 7.78. The van der Waals surface area contributed by atoms with E-state index in [0.717, 1.165) is 11.6 Å². The molecule has 0 spiro atoms. The Hall–Kier alpha value is -1.46. The number of hydrogen-bond donors (Lipinski definition) is 1. The monoisotopic (exact) mass is 316 g/mol. The zero-order valence-corrected chi connectivity index (χ0v) is 14.2. The van der Waals surface area contributed by atoms with E-state index in [2.05, 4.69) is 18.7 Å². The predicted molar refractivity (Wildman–Crippen MR) is 91.7 cm³/mol. The lowest BCUT2D eigenvalue weighted by molar-refractivity contribution is -0.0141. The Balaban J connectivity index is 2.17. The van der Waals surface area contributed by atoms with Crippen molar-refractivity contribution in [2.45, 2.75) is 18.7 Å². The molecule has 4 heteroatoms. The quantitative estimate of drug-likeness (QED) is 0.462. The highest BCUT2D eigenvalue weighted by atomic mass is 28.3. The van der Waals surface area contributed by atoms with Crippen molar-refractivity contribution >= 4 is 13.3 Å². The molecule has 0 bridgehead atoms. The normalized spacial score (nSPS) is 15.2. The summed E-state index contributed by atoms with van der Waals surface area (Å²) < 4.78 is 10.7. The predicted octanol–water partition coefficient (Wildman–Crippen LogP) is 2.87. The summed E-state index contributed by atoms with van der Waals surface area (Å²) >= 11 is 0. The summed E-state index contributed by atoms with van der Waals surface area (Å²) in [6, 6.07) is 20.9. The summed E-state index contributed by atoms with van der Waals surface area (Å²) in [5, 5.41) is 11.9. The highest BCUT2D eigenvalue weighted by Crippen LogP contribution is 2.24. The fraction of sp³-hybridized carbons (Fsp3) is 0.333. The van der Waals surface area contributed by atoms with Gasteiger partial charge in [0.1, 0.15) is 14.9 Å². The van der Waals surface area contributed by atoms with Gasteiger partial charge in [-0.25, -0.2) is 0 Å². The van der Waals surface area contributed by atoms with Gasteiger partial charge < -0.3 is 14.6 Å². The molecule has 2 aromatic rings. The van der Waals surface area contributed by atoms with Gasteiger partial charge in [0, 0.05) is 13.3 Å². The standard InChI is InChI=1S/C18H24O3Si/c1-20-14-21-15-22(2,17-11-7-4-8-12-17)13-18(19)16-9-5-3-6-10-16/h3-12,18-19H,13-15H2,1-2H3. The van der Waals surface area contributed by atoms with Crippen LogP contribution in [0.4, 0.5) is 0 Å². The van der Waals surface area contributed by atoms with Crippen LogP contribution in [0.1, 0.15) is 11.7 Å². The number of methoxy groups -OCH3 is 1. The highest BCUT2D eigenvalue weighted by molar-refractivity contribution is 6.90. The van der Waals surface area contributed by atoms with Crippen molar-refractivity contribution in [3.05, 3.63) is 66.2 Å². The van der Waals surface area contributed by atoms with Gasteiger partial charge in [0.2, 0.25) is 0 Å². The molecule has 2 unspecified atom stereocenters. The van der Waals surface area contributed by atoms with Gasteiger partial charge in [-0.15, -0.1) is 0 Å². The average molecular weight is 316 g/mol. The Morgan fingerprint density at radius 2 is 1.59 bits per heavy atom. The molecule has 2 aromatic carbocycles. The Morgan fingerprint density at radius 1 is 1.00 bits per heavy atom. The average Bonchev–Trinajstić information content (AvgIpc) is 2.57. The minimum Gasteiger partial charge on any atom is -0.389 e. The molecular weight excluding hydrogens is 292 g/mol. The number of aliphatic hydroxyl groups excluding tert-OH is 1. The van der Waals surface area contributed by atoms with Gasteiger partial charge in [-0.05, 0) is 11.6 Å². The first kappa shape index (κ1) is 16.9. The van der Waals surface area contributed by atoms with E-state index in [0.29, 0.717) is 6.23 Å². The topological polar surface area (TPSA) is 38.7 Å². The van der Waals surface area contributed by atoms with Crippen molar-refractivity contribution in [3.8, 4) is 0 Å². The zero-order chi connectivity index (χ0) is 15.8. The zero-order valence-electron chi connectivity index (χ0n) is 13.2. The van der Waals surface area contributed by atoms with Crippen LogP contribution in [0.3, 0.4) is 0 Å². The van der Waals surface area contributed by atoms with Crippen LogP contribution in [0.5, 0.6) is 0 Å². The number of aliphatic hydroxyl groups is 1. The molecular formula is C18H24O3Si. The number of ether oxygens (including phenoxy) is 2. The summed E-state index contributed by atoms with van der Waals surface area (Å²) in [7, 11) is -0.336. The molecule has 0 saturated heterocycles. The van der Waals surface area contributed by atoms with E-state index in [9.17, 15) is 5.11 Å². The van der Waals surface area contributed by atoms with E-state index in [4.69, 9.17) is 9.47 Å². The number of benzene rings is 2. The Bertz CT molecular complexity index is 547. The van der Waals surface area contributed by atoms with Crippen LogP contribution in [-0.2, 0) is 9.47 Å². The van der Waals surface area contributed by atoms with Crippen LogP contribution < -0.4 is 5.19 Å². The van der Waals surface area contributed by atoms with Gasteiger partial charge in [-0.1, -0.05) is 72.4 Å². The smallest absolute Gasteiger partial charge is 0.145 e. The Labute approximate surface area is 133 Å². The summed E-state index contributed by atoms with van der Waals surface area (Å²) in [5.41, 5.74) is 0.962. The third-order valence-electron chi connectivity index (χ3n) is 3.92. The van der Waals surface area contributed by atoms with Crippen molar-refractivity contribution in [2.75, 3.05) is 20.1 Å². The lowest BCUT2D eigenvalue weighted by Crippen LogP contribution is -2.50. The van der Waals surface area contributed by atoms with Gasteiger partial charge >= 0.3 is 0 Å². The van der Waals surface area contributed by atoms with Crippen LogP contribution in [0.2, 0.25) is 12.6 Å². The van der Waals surface area contributed by atoms with Gasteiger partial charge in [0.15, 0.2) is 0 Å². The molecule has 0 aliphatic heterocycles. The molecule has 2 rings (SSSR count). The first-order chi connectivity index (χ1) is 10.7. The van der Waals surface area contributed by atoms with Crippen LogP contribution in [0.25, 0.3) is 0 Å². The van der Waals surface area contributed by atoms with Crippen LogP contribution >= 0.6 is 0 Å². The molecule has 0 aromatic heterocycles. The van der Waals surface area contributed by atoms with Crippen molar-refractivity contribution in [3.63, 3.8) is 0 Å². The lowest BCUT2D eigenvalue weighted by Gasteiger charge is -2.30. The van der Waals surface area contributed by atoms with Crippen LogP contribution in [-0.4, -0.2) is 33.3 Å². The minimum absolute atomic E-state index is 0.289. The van der Waals surface area contributed by atoms with E-state index < -0.39 is 14.2 Å². The highest BCUT2D eigenvalue weighted by Gasteiger charge is 2.33. The minimum atomic E-state index is -1.96. The third kappa shape index (κ3) is 4.51. The second-order valence-corrected chi connectivity index (χ2v) is 10.2. The van der Waals surface area contributed by atoms with Gasteiger partial charge in [0.25, 0.3) is 0 Å². The largest absolute Gasteiger partial charge is 0.389 e. The molecule has 2 atom stereocenters. The molecule has 0 saturated carbocycles. The fourth-order valence-electron chi connectivity index (χ4n) is 2.67. The van der Waals surface area contributed by atoms with Crippen molar-refractivity contribution in [2.24, 2.45) is 0 Å². The van der Waals surface area contributed by atoms with Crippen molar-refractivity contribution in [1.29, 1.82) is 0 Å². The van der Waals surface area contributed by atoms with Crippen LogP contribution in [0, 0.1) is 0 Å². The maximum absolute atomic E-state index is 10.6. The molecule has 0 amide bonds. The second-order valence-electron chi connectivity index (χ2n) is 5.81. The maximum Gasteiger partial charge on any atom is 0.145 e. The molecule has 0 aliphatic carbocycles. The Morgan fingerprint density at radius 3 is 2.18 bits per heavy atom. The molecule has 0 aliphatic rings. The van der Waals surface area contributed by atoms with Crippen molar-refractivity contribution in [1.82, 2.24) is 0 Å². The summed E-state index contributed by atoms with van der Waals surface area (Å²) in [4.78, 5) is 0. The summed E-state index contributed by atoms with van der Waals surface area (Å²) in [6.45, 7) is 2.54. The molecule has 0 heterocycles. The molecule has 1 N–H and O–H groups in total. The lowest BCUT2D eigenvalue weighted by atomic mass is 10.1. The van der Waals surface area contributed by atoms with Crippen molar-refractivity contribution < 1.29 is 14.6 Å². The van der Waals surface area contributed by atoms with E-state index in [-0.39, 0.29) is 6.79 Å². The molecule has 0 fully saturated rings. The Kier molecular flexibility index (Phi) is 6.33. The maximum atomic E-state index is 10.6. The second kappa shape index (κ2) is 8.24. The molecule has 22 heavy (non-hydrogen) atoms. The van der Waals surface area contributed by atoms with E-state index in [1.807, 2.05) is 48.5 Å². The summed E-state index contributed by atoms with van der Waals surface area (Å²) in [6.07, 6.45) is 0.165. The fourth-order valence-corrected chi connectivity index (χ4v) is 5.81. The van der Waals surface area contributed by atoms with Crippen LogP contribution in [0.15, 0.2) is 60.7 Å².